The fourth-order valence-corrected chi connectivity index (χ4v) is 2.42. The normalized spacial score (nSPS) is 20.9. The molecule has 6 heteroatoms. The van der Waals surface area contributed by atoms with Gasteiger partial charge in [0, 0.05) is 13.1 Å². The highest BCUT2D eigenvalue weighted by Gasteiger charge is 2.20. The zero-order valence-electron chi connectivity index (χ0n) is 9.87. The number of hydrogen-bond donors (Lipinski definition) is 2. The van der Waals surface area contributed by atoms with Crippen LogP contribution < -0.4 is 15.8 Å². The molecule has 0 aromatic carbocycles. The monoisotopic (exact) mass is 256 g/mol. The van der Waals surface area contributed by atoms with E-state index in [1.54, 1.807) is 0 Å². The first kappa shape index (κ1) is 12.4. The molecule has 1 aromatic rings. The molecular weight excluding hydrogens is 240 g/mol. The molecule has 5 nitrogen and oxygen atoms in total. The van der Waals surface area contributed by atoms with Gasteiger partial charge < -0.3 is 15.2 Å². The Morgan fingerprint density at radius 2 is 2.29 bits per heavy atom. The topological polar surface area (TPSA) is 61.0 Å². The number of anilines is 1. The second-order valence-corrected chi connectivity index (χ2v) is 4.69. The summed E-state index contributed by atoms with van der Waals surface area (Å²) in [5.74, 6) is 0.572. The Labute approximate surface area is 105 Å². The van der Waals surface area contributed by atoms with Crippen LogP contribution in [0.4, 0.5) is 5.82 Å². The molecular formula is C11H17ClN4O. The summed E-state index contributed by atoms with van der Waals surface area (Å²) in [5.41, 5.74) is -0.282. The van der Waals surface area contributed by atoms with Crippen molar-refractivity contribution in [3.8, 4) is 0 Å². The van der Waals surface area contributed by atoms with Crippen LogP contribution in [0.3, 0.4) is 0 Å². The fraction of sp³-hybridized carbons (Fsp3) is 0.636. The third-order valence-electron chi connectivity index (χ3n) is 3.21. The highest BCUT2D eigenvalue weighted by molar-refractivity contribution is 6.32. The van der Waals surface area contributed by atoms with E-state index in [2.05, 4.69) is 15.3 Å². The number of H-pyrrole nitrogens is 1. The van der Waals surface area contributed by atoms with Gasteiger partial charge in [0.05, 0.1) is 6.33 Å². The summed E-state index contributed by atoms with van der Waals surface area (Å²) in [6.07, 6.45) is 4.67. The van der Waals surface area contributed by atoms with Crippen molar-refractivity contribution in [2.45, 2.75) is 25.3 Å². The summed E-state index contributed by atoms with van der Waals surface area (Å²) in [6, 6.07) is 0.386. The van der Waals surface area contributed by atoms with Crippen LogP contribution in [0.2, 0.25) is 5.02 Å². The van der Waals surface area contributed by atoms with Crippen LogP contribution in [-0.2, 0) is 0 Å². The summed E-state index contributed by atoms with van der Waals surface area (Å²) >= 11 is 5.98. The molecule has 0 amide bonds. The lowest BCUT2D eigenvalue weighted by Crippen LogP contribution is -2.34. The van der Waals surface area contributed by atoms with E-state index in [4.69, 9.17) is 11.6 Å². The first-order valence-corrected chi connectivity index (χ1v) is 6.24. The van der Waals surface area contributed by atoms with Crippen LogP contribution in [0.15, 0.2) is 11.1 Å². The molecule has 0 spiro atoms. The third kappa shape index (κ3) is 2.79. The van der Waals surface area contributed by atoms with E-state index in [0.29, 0.717) is 11.9 Å². The third-order valence-corrected chi connectivity index (χ3v) is 3.55. The number of aromatic amines is 1. The molecule has 94 valence electrons. The summed E-state index contributed by atoms with van der Waals surface area (Å²) in [4.78, 5) is 20.1. The van der Waals surface area contributed by atoms with Gasteiger partial charge in [0.15, 0.2) is 5.82 Å². The minimum absolute atomic E-state index is 0.173. The number of rotatable bonds is 2. The predicted molar refractivity (Wildman–Crippen MR) is 68.8 cm³/mol. The van der Waals surface area contributed by atoms with Crippen LogP contribution in [0.25, 0.3) is 0 Å². The maximum atomic E-state index is 11.4. The molecule has 1 saturated heterocycles. The minimum Gasteiger partial charge on any atom is -0.355 e. The first-order chi connectivity index (χ1) is 8.20. The van der Waals surface area contributed by atoms with Gasteiger partial charge in [-0.3, -0.25) is 4.79 Å². The molecule has 1 fully saturated rings. The zero-order chi connectivity index (χ0) is 12.3. The van der Waals surface area contributed by atoms with Gasteiger partial charge in [-0.1, -0.05) is 11.6 Å². The number of nitrogens with one attached hydrogen (secondary N) is 2. The van der Waals surface area contributed by atoms with E-state index in [-0.39, 0.29) is 10.6 Å². The van der Waals surface area contributed by atoms with Crippen molar-refractivity contribution in [3.63, 3.8) is 0 Å². The predicted octanol–water partition coefficient (Wildman–Crippen LogP) is 1.00. The molecule has 17 heavy (non-hydrogen) atoms. The van der Waals surface area contributed by atoms with Gasteiger partial charge in [0.1, 0.15) is 5.02 Å². The zero-order valence-corrected chi connectivity index (χ0v) is 10.6. The maximum Gasteiger partial charge on any atom is 0.271 e. The molecule has 1 aliphatic heterocycles. The van der Waals surface area contributed by atoms with E-state index in [0.717, 1.165) is 32.4 Å². The van der Waals surface area contributed by atoms with Crippen LogP contribution in [-0.4, -0.2) is 36.1 Å². The fourth-order valence-electron chi connectivity index (χ4n) is 2.18. The molecule has 0 saturated carbocycles. The molecule has 2 rings (SSSR count). The Hall–Kier alpha value is -1.07. The van der Waals surface area contributed by atoms with E-state index in [1.807, 2.05) is 11.9 Å². The van der Waals surface area contributed by atoms with E-state index in [9.17, 15) is 4.79 Å². The Morgan fingerprint density at radius 1 is 1.47 bits per heavy atom. The van der Waals surface area contributed by atoms with Gasteiger partial charge in [0.25, 0.3) is 5.56 Å². The molecule has 1 aromatic heterocycles. The second-order valence-electron chi connectivity index (χ2n) is 4.31. The lowest BCUT2D eigenvalue weighted by molar-refractivity contribution is 0.562. The molecule has 1 aliphatic rings. The van der Waals surface area contributed by atoms with Gasteiger partial charge in [-0.05, 0) is 32.4 Å². The van der Waals surface area contributed by atoms with E-state index < -0.39 is 0 Å². The Kier molecular flexibility index (Phi) is 4.02. The highest BCUT2D eigenvalue weighted by Crippen LogP contribution is 2.22. The average Bonchev–Trinajstić information content (AvgIpc) is 2.60. The van der Waals surface area contributed by atoms with Gasteiger partial charge in [0.2, 0.25) is 0 Å². The summed E-state index contributed by atoms with van der Waals surface area (Å²) in [7, 11) is 1.95. The smallest absolute Gasteiger partial charge is 0.271 e. The van der Waals surface area contributed by atoms with E-state index in [1.165, 1.54) is 6.33 Å². The van der Waals surface area contributed by atoms with Crippen molar-refractivity contribution in [3.05, 3.63) is 21.7 Å². The standard InChI is InChI=1S/C11H17ClN4O/c1-16(8-3-2-5-13-6-4-8)10-9(12)11(17)15-7-14-10/h7-8,13H,2-6H2,1H3,(H,14,15,17). The quantitative estimate of drug-likeness (QED) is 0.829. The van der Waals surface area contributed by atoms with Gasteiger partial charge >= 0.3 is 0 Å². The lowest BCUT2D eigenvalue weighted by atomic mass is 10.1. The van der Waals surface area contributed by atoms with Crippen molar-refractivity contribution in [2.24, 2.45) is 0 Å². The summed E-state index contributed by atoms with van der Waals surface area (Å²) in [6.45, 7) is 2.05. The van der Waals surface area contributed by atoms with Crippen molar-refractivity contribution in [1.82, 2.24) is 15.3 Å². The average molecular weight is 257 g/mol. The van der Waals surface area contributed by atoms with Crippen molar-refractivity contribution >= 4 is 17.4 Å². The molecule has 1 unspecified atom stereocenters. The molecule has 0 bridgehead atoms. The first-order valence-electron chi connectivity index (χ1n) is 5.87. The second kappa shape index (κ2) is 5.51. The van der Waals surface area contributed by atoms with Crippen molar-refractivity contribution in [1.29, 1.82) is 0 Å². The van der Waals surface area contributed by atoms with Crippen LogP contribution in [0, 0.1) is 0 Å². The largest absolute Gasteiger partial charge is 0.355 e. The lowest BCUT2D eigenvalue weighted by Gasteiger charge is -2.28. The molecule has 2 N–H and O–H groups in total. The minimum atomic E-state index is -0.282. The number of aromatic nitrogens is 2. The maximum absolute atomic E-state index is 11.4. The van der Waals surface area contributed by atoms with Gasteiger partial charge in [-0.25, -0.2) is 4.98 Å². The van der Waals surface area contributed by atoms with Crippen LogP contribution in [0.1, 0.15) is 19.3 Å². The SMILES string of the molecule is CN(c1nc[nH]c(=O)c1Cl)C1CCCNCC1. The summed E-state index contributed by atoms with van der Waals surface area (Å²) in [5, 5.41) is 3.53. The number of halogens is 1. The van der Waals surface area contributed by atoms with Crippen molar-refractivity contribution < 1.29 is 0 Å². The van der Waals surface area contributed by atoms with Gasteiger partial charge in [-0.15, -0.1) is 0 Å². The van der Waals surface area contributed by atoms with Gasteiger partial charge in [-0.2, -0.15) is 0 Å². The van der Waals surface area contributed by atoms with Crippen LogP contribution >= 0.6 is 11.6 Å². The molecule has 2 heterocycles. The number of hydrogen-bond acceptors (Lipinski definition) is 4. The highest BCUT2D eigenvalue weighted by atomic mass is 35.5. The molecule has 0 radical (unpaired) electrons. The Morgan fingerprint density at radius 3 is 3.12 bits per heavy atom. The molecule has 1 atom stereocenters. The van der Waals surface area contributed by atoms with Crippen LogP contribution in [0.5, 0.6) is 0 Å². The number of nitrogens with zero attached hydrogens (tertiary/aromatic N) is 2. The Bertz CT molecular complexity index is 426. The van der Waals surface area contributed by atoms with Crippen molar-refractivity contribution in [2.75, 3.05) is 25.0 Å². The van der Waals surface area contributed by atoms with E-state index >= 15 is 0 Å². The summed E-state index contributed by atoms with van der Waals surface area (Å²) < 4.78 is 0. The molecule has 0 aliphatic carbocycles. The Balaban J connectivity index is 2.20.